The molecule has 0 radical (unpaired) electrons. The Morgan fingerprint density at radius 2 is 2.05 bits per heavy atom. The number of ether oxygens (including phenoxy) is 2. The van der Waals surface area contributed by atoms with Crippen LogP contribution in [0.1, 0.15) is 12.8 Å². The van der Waals surface area contributed by atoms with E-state index in [1.54, 1.807) is 0 Å². The largest absolute Gasteiger partial charge is 0.491 e. The third-order valence-electron chi connectivity index (χ3n) is 3.43. The Morgan fingerprint density at radius 3 is 2.76 bits per heavy atom. The van der Waals surface area contributed by atoms with Crippen molar-refractivity contribution in [2.75, 3.05) is 32.9 Å². The van der Waals surface area contributed by atoms with Crippen molar-refractivity contribution < 1.29 is 14.3 Å². The number of rotatable bonds is 7. The molecule has 2 rings (SSSR count). The molecule has 2 N–H and O–H groups in total. The number of hydrogen-bond donors (Lipinski definition) is 1. The number of para-hydroxylation sites is 1. The standard InChI is InChI=1S/C15H22N2O3.ClH/c16-11-13-5-4-8-17(13)15(18)12-19-9-10-20-14-6-2-1-3-7-14;/h1-3,6-7,13H,4-5,8-12,16H2;1H. The number of likely N-dealkylation sites (tertiary alicyclic amines) is 1. The highest BCUT2D eigenvalue weighted by molar-refractivity contribution is 5.85. The molecule has 0 aromatic heterocycles. The molecule has 0 spiro atoms. The molecule has 1 heterocycles. The molecule has 6 heteroatoms. The van der Waals surface area contributed by atoms with E-state index in [0.29, 0.717) is 19.8 Å². The molecule has 1 unspecified atom stereocenters. The fraction of sp³-hybridized carbons (Fsp3) is 0.533. The van der Waals surface area contributed by atoms with Crippen LogP contribution in [-0.4, -0.2) is 49.8 Å². The zero-order valence-corrected chi connectivity index (χ0v) is 12.9. The Labute approximate surface area is 131 Å². The number of nitrogens with two attached hydrogens (primary N) is 1. The minimum Gasteiger partial charge on any atom is -0.491 e. The van der Waals surface area contributed by atoms with E-state index in [1.807, 2.05) is 35.2 Å². The second kappa shape index (κ2) is 9.60. The number of halogens is 1. The maximum Gasteiger partial charge on any atom is 0.248 e. The lowest BCUT2D eigenvalue weighted by Crippen LogP contribution is -2.41. The lowest BCUT2D eigenvalue weighted by atomic mass is 10.2. The molecular formula is C15H23ClN2O3. The zero-order valence-electron chi connectivity index (χ0n) is 12.1. The first-order valence-electron chi connectivity index (χ1n) is 7.06. The number of benzene rings is 1. The first kappa shape index (κ1) is 17.8. The van der Waals surface area contributed by atoms with Gasteiger partial charge in [-0.05, 0) is 25.0 Å². The van der Waals surface area contributed by atoms with Crippen LogP contribution in [0.25, 0.3) is 0 Å². The molecule has 0 aliphatic carbocycles. The number of carbonyl (C=O) groups excluding carboxylic acids is 1. The van der Waals surface area contributed by atoms with Gasteiger partial charge in [0.25, 0.3) is 0 Å². The third-order valence-corrected chi connectivity index (χ3v) is 3.43. The van der Waals surface area contributed by atoms with Crippen LogP contribution >= 0.6 is 12.4 Å². The Hall–Kier alpha value is -1.30. The number of hydrogen-bond acceptors (Lipinski definition) is 4. The van der Waals surface area contributed by atoms with Crippen molar-refractivity contribution in [3.05, 3.63) is 30.3 Å². The van der Waals surface area contributed by atoms with Crippen molar-refractivity contribution in [3.8, 4) is 5.75 Å². The van der Waals surface area contributed by atoms with Crippen LogP contribution in [-0.2, 0) is 9.53 Å². The zero-order chi connectivity index (χ0) is 14.2. The summed E-state index contributed by atoms with van der Waals surface area (Å²) in [4.78, 5) is 13.8. The minimum atomic E-state index is 0. The summed E-state index contributed by atoms with van der Waals surface area (Å²) < 4.78 is 10.9. The van der Waals surface area contributed by atoms with Gasteiger partial charge in [0.2, 0.25) is 5.91 Å². The molecule has 1 saturated heterocycles. The van der Waals surface area contributed by atoms with Crippen molar-refractivity contribution >= 4 is 18.3 Å². The smallest absolute Gasteiger partial charge is 0.248 e. The molecule has 0 bridgehead atoms. The lowest BCUT2D eigenvalue weighted by Gasteiger charge is -2.23. The minimum absolute atomic E-state index is 0. The topological polar surface area (TPSA) is 64.8 Å². The predicted molar refractivity (Wildman–Crippen MR) is 83.8 cm³/mol. The summed E-state index contributed by atoms with van der Waals surface area (Å²) in [6, 6.07) is 9.74. The second-order valence-corrected chi connectivity index (χ2v) is 4.83. The molecule has 1 aliphatic heterocycles. The van der Waals surface area contributed by atoms with Gasteiger partial charge in [0.05, 0.1) is 6.61 Å². The average molecular weight is 315 g/mol. The molecule has 21 heavy (non-hydrogen) atoms. The first-order chi connectivity index (χ1) is 9.81. The molecular weight excluding hydrogens is 292 g/mol. The molecule has 1 fully saturated rings. The van der Waals surface area contributed by atoms with Gasteiger partial charge in [0.1, 0.15) is 19.0 Å². The van der Waals surface area contributed by atoms with Crippen molar-refractivity contribution in [2.24, 2.45) is 5.73 Å². The molecule has 1 atom stereocenters. The van der Waals surface area contributed by atoms with E-state index in [4.69, 9.17) is 15.2 Å². The maximum absolute atomic E-state index is 12.0. The molecule has 1 aliphatic rings. The van der Waals surface area contributed by atoms with Gasteiger partial charge in [-0.25, -0.2) is 0 Å². The fourth-order valence-electron chi connectivity index (χ4n) is 2.39. The Balaban J connectivity index is 0.00000220. The van der Waals surface area contributed by atoms with Crippen LogP contribution in [0.4, 0.5) is 0 Å². The Morgan fingerprint density at radius 1 is 1.29 bits per heavy atom. The molecule has 118 valence electrons. The van der Waals surface area contributed by atoms with E-state index in [1.165, 1.54) is 0 Å². The highest BCUT2D eigenvalue weighted by Gasteiger charge is 2.27. The van der Waals surface area contributed by atoms with E-state index in [0.717, 1.165) is 25.1 Å². The van der Waals surface area contributed by atoms with Gasteiger partial charge in [-0.3, -0.25) is 4.79 Å². The number of nitrogens with zero attached hydrogens (tertiary/aromatic N) is 1. The fourth-order valence-corrected chi connectivity index (χ4v) is 2.39. The van der Waals surface area contributed by atoms with E-state index < -0.39 is 0 Å². The molecule has 5 nitrogen and oxygen atoms in total. The van der Waals surface area contributed by atoms with Gasteiger partial charge < -0.3 is 20.1 Å². The SMILES string of the molecule is Cl.NCC1CCCN1C(=O)COCCOc1ccccc1. The highest BCUT2D eigenvalue weighted by Crippen LogP contribution is 2.16. The summed E-state index contributed by atoms with van der Waals surface area (Å²) >= 11 is 0. The van der Waals surface area contributed by atoms with E-state index in [9.17, 15) is 4.79 Å². The van der Waals surface area contributed by atoms with Gasteiger partial charge in [0.15, 0.2) is 0 Å². The summed E-state index contributed by atoms with van der Waals surface area (Å²) in [5.41, 5.74) is 5.65. The Kier molecular flexibility index (Phi) is 8.12. The van der Waals surface area contributed by atoms with E-state index in [-0.39, 0.29) is 31.0 Å². The van der Waals surface area contributed by atoms with Gasteiger partial charge in [-0.2, -0.15) is 0 Å². The molecule has 1 aromatic carbocycles. The highest BCUT2D eigenvalue weighted by atomic mass is 35.5. The van der Waals surface area contributed by atoms with E-state index >= 15 is 0 Å². The van der Waals surface area contributed by atoms with Gasteiger partial charge in [-0.15, -0.1) is 12.4 Å². The van der Waals surface area contributed by atoms with Crippen LogP contribution in [0, 0.1) is 0 Å². The molecule has 1 amide bonds. The van der Waals surface area contributed by atoms with E-state index in [2.05, 4.69) is 0 Å². The van der Waals surface area contributed by atoms with Crippen molar-refractivity contribution in [1.82, 2.24) is 4.90 Å². The van der Waals surface area contributed by atoms with Crippen LogP contribution in [0.15, 0.2) is 30.3 Å². The van der Waals surface area contributed by atoms with Crippen molar-refractivity contribution in [1.29, 1.82) is 0 Å². The first-order valence-corrected chi connectivity index (χ1v) is 7.06. The summed E-state index contributed by atoms with van der Waals surface area (Å²) in [5, 5.41) is 0. The lowest BCUT2D eigenvalue weighted by molar-refractivity contribution is -0.137. The second-order valence-electron chi connectivity index (χ2n) is 4.83. The molecule has 0 saturated carbocycles. The van der Waals surface area contributed by atoms with Crippen molar-refractivity contribution in [2.45, 2.75) is 18.9 Å². The predicted octanol–water partition coefficient (Wildman–Crippen LogP) is 1.45. The summed E-state index contributed by atoms with van der Waals surface area (Å²) in [5.74, 6) is 0.836. The molecule has 1 aromatic rings. The average Bonchev–Trinajstić information content (AvgIpc) is 2.96. The summed E-state index contributed by atoms with van der Waals surface area (Å²) in [6.45, 7) is 2.28. The summed E-state index contributed by atoms with van der Waals surface area (Å²) in [6.07, 6.45) is 2.03. The van der Waals surface area contributed by atoms with Gasteiger partial charge in [0, 0.05) is 19.1 Å². The maximum atomic E-state index is 12.0. The quantitative estimate of drug-likeness (QED) is 0.774. The third kappa shape index (κ3) is 5.53. The number of amides is 1. The van der Waals surface area contributed by atoms with Crippen LogP contribution < -0.4 is 10.5 Å². The summed E-state index contributed by atoms with van der Waals surface area (Å²) in [7, 11) is 0. The van der Waals surface area contributed by atoms with Crippen LogP contribution in [0.2, 0.25) is 0 Å². The van der Waals surface area contributed by atoms with Gasteiger partial charge >= 0.3 is 0 Å². The normalized spacial score (nSPS) is 17.4. The Bertz CT molecular complexity index is 417. The van der Waals surface area contributed by atoms with Crippen molar-refractivity contribution in [3.63, 3.8) is 0 Å². The monoisotopic (exact) mass is 314 g/mol. The van der Waals surface area contributed by atoms with Crippen LogP contribution in [0.3, 0.4) is 0 Å². The number of carbonyl (C=O) groups is 1. The van der Waals surface area contributed by atoms with Gasteiger partial charge in [-0.1, -0.05) is 18.2 Å². The van der Waals surface area contributed by atoms with Crippen LogP contribution in [0.5, 0.6) is 5.75 Å².